The summed E-state index contributed by atoms with van der Waals surface area (Å²) in [6, 6.07) is 17.4. The molecule has 0 aliphatic rings. The van der Waals surface area contributed by atoms with Gasteiger partial charge >= 0.3 is 0 Å². The van der Waals surface area contributed by atoms with E-state index in [1.807, 2.05) is 48.9 Å². The minimum absolute atomic E-state index is 0.0591. The smallest absolute Gasteiger partial charge is 0.240 e. The molecular formula is C23H23ClN6OS. The van der Waals surface area contributed by atoms with Crippen LogP contribution in [0.3, 0.4) is 0 Å². The fourth-order valence-electron chi connectivity index (χ4n) is 3.57. The third-order valence-electron chi connectivity index (χ3n) is 5.33. The Morgan fingerprint density at radius 1 is 1.12 bits per heavy atom. The molecule has 2 heterocycles. The average Bonchev–Trinajstić information content (AvgIpc) is 3.27. The number of aromatic amines is 1. The van der Waals surface area contributed by atoms with Gasteiger partial charge < -0.3 is 5.32 Å². The highest BCUT2D eigenvalue weighted by Gasteiger charge is 2.15. The zero-order chi connectivity index (χ0) is 22.7. The van der Waals surface area contributed by atoms with E-state index in [1.165, 1.54) is 5.56 Å². The van der Waals surface area contributed by atoms with E-state index in [9.17, 15) is 4.79 Å². The molecule has 0 aliphatic carbocycles. The fourth-order valence-corrected chi connectivity index (χ4v) is 3.89. The van der Waals surface area contributed by atoms with Crippen LogP contribution in [0.25, 0.3) is 11.4 Å². The van der Waals surface area contributed by atoms with Gasteiger partial charge in [-0.2, -0.15) is 10.2 Å². The lowest BCUT2D eigenvalue weighted by Crippen LogP contribution is -2.28. The van der Waals surface area contributed by atoms with Crippen LogP contribution >= 0.6 is 23.8 Å². The Hall–Kier alpha value is -3.23. The summed E-state index contributed by atoms with van der Waals surface area (Å²) in [6.45, 7) is 5.13. The van der Waals surface area contributed by atoms with Crippen LogP contribution in [0.15, 0.2) is 54.6 Å². The molecule has 0 unspecified atom stereocenters. The maximum Gasteiger partial charge on any atom is 0.240 e. The van der Waals surface area contributed by atoms with E-state index in [0.29, 0.717) is 28.7 Å². The van der Waals surface area contributed by atoms with Gasteiger partial charge in [0.05, 0.1) is 12.2 Å². The molecule has 0 bridgehead atoms. The van der Waals surface area contributed by atoms with E-state index in [4.69, 9.17) is 23.8 Å². The highest BCUT2D eigenvalue weighted by atomic mass is 35.5. The van der Waals surface area contributed by atoms with Crippen LogP contribution in [0.5, 0.6) is 0 Å². The van der Waals surface area contributed by atoms with Crippen LogP contribution in [-0.4, -0.2) is 30.5 Å². The number of amides is 1. The number of carbonyl (C=O) groups is 1. The van der Waals surface area contributed by atoms with Gasteiger partial charge in [0.15, 0.2) is 10.6 Å². The SMILES string of the molecule is Cc1nn(Cc2ccccc2)c(C)c1CNC(=O)Cn1c(-c2ccc(Cl)cc2)n[nH]c1=S. The summed E-state index contributed by atoms with van der Waals surface area (Å²) in [6.07, 6.45) is 0. The minimum atomic E-state index is -0.160. The van der Waals surface area contributed by atoms with Gasteiger partial charge in [-0.25, -0.2) is 0 Å². The highest BCUT2D eigenvalue weighted by molar-refractivity contribution is 7.71. The van der Waals surface area contributed by atoms with E-state index in [1.54, 1.807) is 16.7 Å². The van der Waals surface area contributed by atoms with Crippen LogP contribution < -0.4 is 5.32 Å². The monoisotopic (exact) mass is 466 g/mol. The number of aromatic nitrogens is 5. The molecule has 7 nitrogen and oxygen atoms in total. The van der Waals surface area contributed by atoms with Crippen molar-refractivity contribution >= 4 is 29.7 Å². The number of nitrogens with zero attached hydrogens (tertiary/aromatic N) is 4. The molecule has 0 saturated heterocycles. The molecule has 2 aromatic carbocycles. The van der Waals surface area contributed by atoms with Crippen molar-refractivity contribution in [2.24, 2.45) is 0 Å². The van der Waals surface area contributed by atoms with Gasteiger partial charge in [-0.05, 0) is 55.9 Å². The van der Waals surface area contributed by atoms with E-state index >= 15 is 0 Å². The topological polar surface area (TPSA) is 80.5 Å². The number of carbonyl (C=O) groups excluding carboxylic acids is 1. The van der Waals surface area contributed by atoms with Crippen molar-refractivity contribution in [1.82, 2.24) is 29.9 Å². The van der Waals surface area contributed by atoms with E-state index in [0.717, 1.165) is 22.5 Å². The second-order valence-corrected chi connectivity index (χ2v) is 8.34. The Balaban J connectivity index is 1.45. The number of hydrogen-bond donors (Lipinski definition) is 2. The standard InChI is InChI=1S/C23H23ClN6OS/c1-15-20(16(2)30(28-15)13-17-6-4-3-5-7-17)12-25-21(31)14-29-22(26-27-23(29)32)18-8-10-19(24)11-9-18/h3-11H,12-14H2,1-2H3,(H,25,31)(H,27,32). The lowest BCUT2D eigenvalue weighted by atomic mass is 10.2. The summed E-state index contributed by atoms with van der Waals surface area (Å²) in [7, 11) is 0. The minimum Gasteiger partial charge on any atom is -0.350 e. The average molecular weight is 467 g/mol. The third-order valence-corrected chi connectivity index (χ3v) is 5.89. The summed E-state index contributed by atoms with van der Waals surface area (Å²) in [5.41, 5.74) is 4.96. The van der Waals surface area contributed by atoms with Gasteiger partial charge in [-0.15, -0.1) is 0 Å². The Labute approximate surface area is 196 Å². The number of benzene rings is 2. The van der Waals surface area contributed by atoms with Gasteiger partial charge in [0.2, 0.25) is 5.91 Å². The van der Waals surface area contributed by atoms with Crippen LogP contribution in [0.1, 0.15) is 22.5 Å². The maximum atomic E-state index is 12.7. The summed E-state index contributed by atoms with van der Waals surface area (Å²) >= 11 is 11.3. The molecule has 2 aromatic heterocycles. The molecule has 0 radical (unpaired) electrons. The highest BCUT2D eigenvalue weighted by Crippen LogP contribution is 2.20. The summed E-state index contributed by atoms with van der Waals surface area (Å²) in [4.78, 5) is 12.7. The third kappa shape index (κ3) is 4.81. The maximum absolute atomic E-state index is 12.7. The molecule has 0 atom stereocenters. The molecular weight excluding hydrogens is 444 g/mol. The lowest BCUT2D eigenvalue weighted by molar-refractivity contribution is -0.121. The first-order chi connectivity index (χ1) is 15.4. The molecule has 0 aliphatic heterocycles. The lowest BCUT2D eigenvalue weighted by Gasteiger charge is -2.09. The first-order valence-electron chi connectivity index (χ1n) is 10.2. The van der Waals surface area contributed by atoms with E-state index in [2.05, 4.69) is 32.7 Å². The summed E-state index contributed by atoms with van der Waals surface area (Å²) < 4.78 is 4.02. The number of nitrogens with one attached hydrogen (secondary N) is 2. The van der Waals surface area contributed by atoms with Gasteiger partial charge in [0, 0.05) is 28.4 Å². The van der Waals surface area contributed by atoms with Crippen molar-refractivity contribution in [2.45, 2.75) is 33.5 Å². The van der Waals surface area contributed by atoms with Gasteiger partial charge in [0.1, 0.15) is 6.54 Å². The number of H-pyrrole nitrogens is 1. The molecule has 32 heavy (non-hydrogen) atoms. The molecule has 0 saturated carbocycles. The summed E-state index contributed by atoms with van der Waals surface area (Å²) in [5.74, 6) is 0.428. The van der Waals surface area contributed by atoms with Crippen LogP contribution in [0.4, 0.5) is 0 Å². The quantitative estimate of drug-likeness (QED) is 0.394. The molecule has 1 amide bonds. The van der Waals surface area contributed by atoms with Gasteiger partial charge in [-0.3, -0.25) is 19.1 Å². The Morgan fingerprint density at radius 3 is 2.56 bits per heavy atom. The molecule has 0 spiro atoms. The second-order valence-electron chi connectivity index (χ2n) is 7.51. The second kappa shape index (κ2) is 9.50. The van der Waals surface area contributed by atoms with Crippen molar-refractivity contribution in [1.29, 1.82) is 0 Å². The Bertz CT molecular complexity index is 1290. The normalized spacial score (nSPS) is 11.0. The van der Waals surface area contributed by atoms with E-state index in [-0.39, 0.29) is 12.5 Å². The van der Waals surface area contributed by atoms with Crippen LogP contribution in [0.2, 0.25) is 5.02 Å². The molecule has 2 N–H and O–H groups in total. The largest absolute Gasteiger partial charge is 0.350 e. The first kappa shape index (κ1) is 22.0. The Morgan fingerprint density at radius 2 is 1.84 bits per heavy atom. The van der Waals surface area contributed by atoms with Gasteiger partial charge in [0.25, 0.3) is 0 Å². The van der Waals surface area contributed by atoms with Crippen molar-refractivity contribution in [3.8, 4) is 11.4 Å². The number of rotatable bonds is 7. The number of aryl methyl sites for hydroxylation is 1. The first-order valence-corrected chi connectivity index (χ1v) is 11.0. The van der Waals surface area contributed by atoms with Crippen molar-refractivity contribution in [3.05, 3.63) is 86.9 Å². The van der Waals surface area contributed by atoms with Crippen LogP contribution in [0, 0.1) is 18.6 Å². The number of hydrogen-bond acceptors (Lipinski definition) is 4. The molecule has 9 heteroatoms. The van der Waals surface area contributed by atoms with Crippen molar-refractivity contribution in [3.63, 3.8) is 0 Å². The fraction of sp³-hybridized carbons (Fsp3) is 0.217. The Kier molecular flexibility index (Phi) is 6.53. The van der Waals surface area contributed by atoms with Crippen molar-refractivity contribution < 1.29 is 4.79 Å². The summed E-state index contributed by atoms with van der Waals surface area (Å²) in [5, 5.41) is 15.3. The zero-order valence-electron chi connectivity index (χ0n) is 17.8. The molecule has 164 valence electrons. The number of halogens is 1. The van der Waals surface area contributed by atoms with E-state index < -0.39 is 0 Å². The predicted octanol–water partition coefficient (Wildman–Crippen LogP) is 4.44. The predicted molar refractivity (Wildman–Crippen MR) is 127 cm³/mol. The molecule has 4 aromatic rings. The van der Waals surface area contributed by atoms with Crippen LogP contribution in [-0.2, 0) is 24.4 Å². The zero-order valence-corrected chi connectivity index (χ0v) is 19.4. The van der Waals surface area contributed by atoms with Crippen molar-refractivity contribution in [2.75, 3.05) is 0 Å². The molecule has 0 fully saturated rings. The molecule has 4 rings (SSSR count). The van der Waals surface area contributed by atoms with Gasteiger partial charge in [-0.1, -0.05) is 41.9 Å².